The highest BCUT2D eigenvalue weighted by atomic mass is 19.1. The van der Waals surface area contributed by atoms with E-state index in [9.17, 15) is 4.39 Å². The molecule has 1 heterocycles. The van der Waals surface area contributed by atoms with Crippen molar-refractivity contribution in [1.82, 2.24) is 4.98 Å². The maximum atomic E-state index is 13.1. The zero-order valence-corrected chi connectivity index (χ0v) is 8.52. The normalized spacial score (nSPS) is 9.75. The first-order valence-corrected chi connectivity index (χ1v) is 4.87. The predicted octanol–water partition coefficient (Wildman–Crippen LogP) is 2.95. The van der Waals surface area contributed by atoms with Crippen molar-refractivity contribution in [3.05, 3.63) is 54.1 Å². The van der Waals surface area contributed by atoms with Gasteiger partial charge in [-0.05, 0) is 29.3 Å². The van der Waals surface area contributed by atoms with Gasteiger partial charge in [0.15, 0.2) is 0 Å². The number of aromatic nitrogens is 1. The zero-order chi connectivity index (χ0) is 11.4. The van der Waals surface area contributed by atoms with E-state index in [0.717, 1.165) is 11.1 Å². The van der Waals surface area contributed by atoms with Crippen LogP contribution in [-0.2, 0) is 6.42 Å². The summed E-state index contributed by atoms with van der Waals surface area (Å²) in [5.41, 5.74) is 2.44. The number of hydrogen-bond acceptors (Lipinski definition) is 2. The van der Waals surface area contributed by atoms with Crippen LogP contribution >= 0.6 is 0 Å². The molecule has 16 heavy (non-hydrogen) atoms. The SMILES string of the molecule is N#CCc1cc(F)ccc1-c1cccnc1. The minimum atomic E-state index is -0.321. The molecule has 0 saturated heterocycles. The Morgan fingerprint density at radius 3 is 2.88 bits per heavy atom. The third kappa shape index (κ3) is 2.06. The average Bonchev–Trinajstić information content (AvgIpc) is 2.31. The molecule has 0 unspecified atom stereocenters. The van der Waals surface area contributed by atoms with Crippen LogP contribution in [0.25, 0.3) is 11.1 Å². The van der Waals surface area contributed by atoms with Crippen LogP contribution in [0.3, 0.4) is 0 Å². The van der Waals surface area contributed by atoms with Crippen molar-refractivity contribution in [1.29, 1.82) is 5.26 Å². The fourth-order valence-electron chi connectivity index (χ4n) is 1.60. The van der Waals surface area contributed by atoms with Crippen LogP contribution < -0.4 is 0 Å². The second kappa shape index (κ2) is 4.54. The van der Waals surface area contributed by atoms with Gasteiger partial charge in [0, 0.05) is 18.0 Å². The molecule has 0 radical (unpaired) electrons. The molecular weight excluding hydrogens is 203 g/mol. The first-order chi connectivity index (χ1) is 7.81. The number of pyridine rings is 1. The lowest BCUT2D eigenvalue weighted by molar-refractivity contribution is 0.626. The van der Waals surface area contributed by atoms with E-state index >= 15 is 0 Å². The molecule has 0 amide bonds. The number of benzene rings is 1. The highest BCUT2D eigenvalue weighted by Gasteiger charge is 2.06. The number of nitriles is 1. The number of rotatable bonds is 2. The van der Waals surface area contributed by atoms with Crippen LogP contribution in [0.15, 0.2) is 42.7 Å². The third-order valence-corrected chi connectivity index (χ3v) is 2.31. The second-order valence-electron chi connectivity index (χ2n) is 3.38. The third-order valence-electron chi connectivity index (χ3n) is 2.31. The quantitative estimate of drug-likeness (QED) is 0.767. The molecule has 0 saturated carbocycles. The van der Waals surface area contributed by atoms with Crippen molar-refractivity contribution in [3.63, 3.8) is 0 Å². The van der Waals surface area contributed by atoms with E-state index in [-0.39, 0.29) is 12.2 Å². The van der Waals surface area contributed by atoms with Gasteiger partial charge in [0.25, 0.3) is 0 Å². The maximum absolute atomic E-state index is 13.1. The van der Waals surface area contributed by atoms with Gasteiger partial charge in [-0.2, -0.15) is 5.26 Å². The van der Waals surface area contributed by atoms with E-state index in [2.05, 4.69) is 4.98 Å². The van der Waals surface area contributed by atoms with Gasteiger partial charge in [-0.15, -0.1) is 0 Å². The molecule has 2 nitrogen and oxygen atoms in total. The predicted molar refractivity (Wildman–Crippen MR) is 58.9 cm³/mol. The van der Waals surface area contributed by atoms with E-state index in [1.807, 2.05) is 18.2 Å². The Labute approximate surface area is 93.0 Å². The van der Waals surface area contributed by atoms with E-state index in [0.29, 0.717) is 5.56 Å². The average molecular weight is 212 g/mol. The first-order valence-electron chi connectivity index (χ1n) is 4.87. The molecule has 0 spiro atoms. The molecule has 0 N–H and O–H groups in total. The lowest BCUT2D eigenvalue weighted by atomic mass is 9.99. The molecule has 0 aliphatic heterocycles. The molecule has 78 valence electrons. The monoisotopic (exact) mass is 212 g/mol. The second-order valence-corrected chi connectivity index (χ2v) is 3.38. The van der Waals surface area contributed by atoms with Gasteiger partial charge < -0.3 is 0 Å². The minimum absolute atomic E-state index is 0.196. The molecule has 1 aromatic heterocycles. The van der Waals surface area contributed by atoms with Crippen molar-refractivity contribution < 1.29 is 4.39 Å². The lowest BCUT2D eigenvalue weighted by Gasteiger charge is -2.06. The van der Waals surface area contributed by atoms with Crippen LogP contribution in [0.4, 0.5) is 4.39 Å². The summed E-state index contributed by atoms with van der Waals surface area (Å²) in [5.74, 6) is -0.321. The van der Waals surface area contributed by atoms with E-state index < -0.39 is 0 Å². The van der Waals surface area contributed by atoms with Crippen LogP contribution in [0.5, 0.6) is 0 Å². The molecule has 2 aromatic rings. The lowest BCUT2D eigenvalue weighted by Crippen LogP contribution is -1.90. The van der Waals surface area contributed by atoms with Crippen molar-refractivity contribution in [2.24, 2.45) is 0 Å². The van der Waals surface area contributed by atoms with E-state index in [4.69, 9.17) is 5.26 Å². The fourth-order valence-corrected chi connectivity index (χ4v) is 1.60. The smallest absolute Gasteiger partial charge is 0.123 e. The summed E-state index contributed by atoms with van der Waals surface area (Å²) in [6.45, 7) is 0. The fraction of sp³-hybridized carbons (Fsp3) is 0.0769. The Hall–Kier alpha value is -2.21. The summed E-state index contributed by atoms with van der Waals surface area (Å²) in [7, 11) is 0. The Balaban J connectivity index is 2.53. The number of nitrogens with zero attached hydrogens (tertiary/aromatic N) is 2. The number of halogens is 1. The van der Waals surface area contributed by atoms with Gasteiger partial charge in [-0.3, -0.25) is 4.98 Å². The standard InChI is InChI=1S/C13H9FN2/c14-12-3-4-13(10(8-12)5-6-15)11-2-1-7-16-9-11/h1-4,7-9H,5H2. The largest absolute Gasteiger partial charge is 0.264 e. The Kier molecular flexibility index (Phi) is 2.93. The highest BCUT2D eigenvalue weighted by molar-refractivity contribution is 5.66. The van der Waals surface area contributed by atoms with Crippen LogP contribution in [-0.4, -0.2) is 4.98 Å². The topological polar surface area (TPSA) is 36.7 Å². The van der Waals surface area contributed by atoms with Crippen molar-refractivity contribution >= 4 is 0 Å². The van der Waals surface area contributed by atoms with Gasteiger partial charge in [0.1, 0.15) is 5.82 Å². The van der Waals surface area contributed by atoms with Gasteiger partial charge in [0.2, 0.25) is 0 Å². The summed E-state index contributed by atoms with van der Waals surface area (Å²) in [5, 5.41) is 8.69. The summed E-state index contributed by atoms with van der Waals surface area (Å²) >= 11 is 0. The van der Waals surface area contributed by atoms with E-state index in [1.54, 1.807) is 18.5 Å². The van der Waals surface area contributed by atoms with Crippen LogP contribution in [0.2, 0.25) is 0 Å². The molecule has 3 heteroatoms. The van der Waals surface area contributed by atoms with Crippen molar-refractivity contribution in [3.8, 4) is 17.2 Å². The molecular formula is C13H9FN2. The molecule has 0 atom stereocenters. The highest BCUT2D eigenvalue weighted by Crippen LogP contribution is 2.23. The summed E-state index contributed by atoms with van der Waals surface area (Å²) < 4.78 is 13.1. The molecule has 2 rings (SSSR count). The van der Waals surface area contributed by atoms with Crippen molar-refractivity contribution in [2.75, 3.05) is 0 Å². The van der Waals surface area contributed by atoms with Gasteiger partial charge in [0.05, 0.1) is 12.5 Å². The first kappa shape index (κ1) is 10.3. The zero-order valence-electron chi connectivity index (χ0n) is 8.52. The summed E-state index contributed by atoms with van der Waals surface area (Å²) in [4.78, 5) is 4.01. The van der Waals surface area contributed by atoms with E-state index in [1.165, 1.54) is 12.1 Å². The maximum Gasteiger partial charge on any atom is 0.123 e. The molecule has 0 aliphatic rings. The van der Waals surface area contributed by atoms with Crippen molar-refractivity contribution in [2.45, 2.75) is 6.42 Å². The minimum Gasteiger partial charge on any atom is -0.264 e. The Morgan fingerprint density at radius 2 is 2.19 bits per heavy atom. The van der Waals surface area contributed by atoms with Gasteiger partial charge >= 0.3 is 0 Å². The van der Waals surface area contributed by atoms with Crippen LogP contribution in [0, 0.1) is 17.1 Å². The molecule has 0 aliphatic carbocycles. The van der Waals surface area contributed by atoms with Gasteiger partial charge in [-0.25, -0.2) is 4.39 Å². The Morgan fingerprint density at radius 1 is 1.31 bits per heavy atom. The summed E-state index contributed by atoms with van der Waals surface area (Å²) in [6, 6.07) is 10.2. The van der Waals surface area contributed by atoms with Crippen LogP contribution in [0.1, 0.15) is 5.56 Å². The molecule has 0 fully saturated rings. The number of hydrogen-bond donors (Lipinski definition) is 0. The molecule has 0 bridgehead atoms. The molecule has 1 aromatic carbocycles. The Bertz CT molecular complexity index is 529. The van der Waals surface area contributed by atoms with Gasteiger partial charge in [-0.1, -0.05) is 12.1 Å². The summed E-state index contributed by atoms with van der Waals surface area (Å²) in [6.07, 6.45) is 3.58.